The van der Waals surface area contributed by atoms with Crippen molar-refractivity contribution in [3.05, 3.63) is 47.0 Å². The van der Waals surface area contributed by atoms with Crippen LogP contribution in [0.3, 0.4) is 0 Å². The van der Waals surface area contributed by atoms with Crippen molar-refractivity contribution in [2.24, 2.45) is 0 Å². The molecule has 0 saturated carbocycles. The van der Waals surface area contributed by atoms with Gasteiger partial charge >= 0.3 is 5.97 Å². The molecule has 0 bridgehead atoms. The molecule has 1 aromatic carbocycles. The first-order valence-corrected chi connectivity index (χ1v) is 7.23. The van der Waals surface area contributed by atoms with Gasteiger partial charge in [-0.15, -0.1) is 11.3 Å². The third kappa shape index (κ3) is 4.28. The van der Waals surface area contributed by atoms with Crippen LogP contribution in [0.5, 0.6) is 0 Å². The van der Waals surface area contributed by atoms with Gasteiger partial charge in [-0.3, -0.25) is 4.79 Å². The second kappa shape index (κ2) is 6.85. The molecule has 0 saturated heterocycles. The highest BCUT2D eigenvalue weighted by molar-refractivity contribution is 7.13. The van der Waals surface area contributed by atoms with Gasteiger partial charge in [0.2, 0.25) is 0 Å². The highest BCUT2D eigenvalue weighted by Gasteiger charge is 2.21. The average Bonchev–Trinajstić information content (AvgIpc) is 2.90. The first-order valence-electron chi connectivity index (χ1n) is 6.35. The van der Waals surface area contributed by atoms with Crippen molar-refractivity contribution in [3.63, 3.8) is 0 Å². The smallest absolute Gasteiger partial charge is 0.326 e. The van der Waals surface area contributed by atoms with Gasteiger partial charge in [-0.05, 0) is 18.4 Å². The molecule has 0 spiro atoms. The van der Waals surface area contributed by atoms with Gasteiger partial charge < -0.3 is 16.2 Å². The third-order valence-electron chi connectivity index (χ3n) is 2.92. The highest BCUT2D eigenvalue weighted by atomic mass is 32.1. The minimum atomic E-state index is -1.07. The number of amides is 1. The molecule has 2 rings (SSSR count). The predicted molar refractivity (Wildman–Crippen MR) is 80.2 cm³/mol. The number of nitrogens with one attached hydrogen (secondary N) is 1. The van der Waals surface area contributed by atoms with E-state index in [4.69, 9.17) is 5.73 Å². The molecule has 1 unspecified atom stereocenters. The van der Waals surface area contributed by atoms with Gasteiger partial charge in [-0.25, -0.2) is 9.78 Å². The quantitative estimate of drug-likeness (QED) is 0.750. The first-order chi connectivity index (χ1) is 10.1. The summed E-state index contributed by atoms with van der Waals surface area (Å²) in [6.07, 6.45) is 0.877. The number of carboxylic acid groups (broad SMARTS) is 1. The summed E-state index contributed by atoms with van der Waals surface area (Å²) in [6.45, 7) is 0. The van der Waals surface area contributed by atoms with Gasteiger partial charge in [-0.1, -0.05) is 30.3 Å². The Morgan fingerprint density at radius 3 is 2.62 bits per heavy atom. The number of thiazole rings is 1. The van der Waals surface area contributed by atoms with Crippen molar-refractivity contribution in [1.82, 2.24) is 10.3 Å². The van der Waals surface area contributed by atoms with Crippen LogP contribution in [0.2, 0.25) is 0 Å². The van der Waals surface area contributed by atoms with Crippen LogP contribution in [-0.4, -0.2) is 28.0 Å². The molecule has 0 fully saturated rings. The lowest BCUT2D eigenvalue weighted by molar-refractivity contribution is -0.139. The number of aryl methyl sites for hydroxylation is 1. The largest absolute Gasteiger partial charge is 0.480 e. The van der Waals surface area contributed by atoms with E-state index in [1.807, 2.05) is 30.3 Å². The Bertz CT molecular complexity index is 627. The van der Waals surface area contributed by atoms with E-state index in [9.17, 15) is 14.7 Å². The molecule has 0 aliphatic rings. The van der Waals surface area contributed by atoms with Crippen LogP contribution in [0.1, 0.15) is 22.5 Å². The summed E-state index contributed by atoms with van der Waals surface area (Å²) >= 11 is 1.14. The SMILES string of the molecule is Nc1nc(C(=O)NC(CCc2ccccc2)C(=O)O)cs1. The number of carbonyl (C=O) groups excluding carboxylic acids is 1. The average molecular weight is 305 g/mol. The van der Waals surface area contributed by atoms with Crippen molar-refractivity contribution >= 4 is 28.3 Å². The summed E-state index contributed by atoms with van der Waals surface area (Å²) in [6, 6.07) is 8.56. The minimum absolute atomic E-state index is 0.142. The molecule has 1 atom stereocenters. The normalized spacial score (nSPS) is 11.8. The molecule has 0 aliphatic carbocycles. The van der Waals surface area contributed by atoms with E-state index in [2.05, 4.69) is 10.3 Å². The fourth-order valence-corrected chi connectivity index (χ4v) is 2.38. The number of anilines is 1. The highest BCUT2D eigenvalue weighted by Crippen LogP contribution is 2.11. The van der Waals surface area contributed by atoms with E-state index >= 15 is 0 Å². The molecular formula is C14H15N3O3S. The zero-order valence-electron chi connectivity index (χ0n) is 11.2. The number of aromatic nitrogens is 1. The van der Waals surface area contributed by atoms with Crippen molar-refractivity contribution in [3.8, 4) is 0 Å². The zero-order valence-corrected chi connectivity index (χ0v) is 12.0. The third-order valence-corrected chi connectivity index (χ3v) is 3.60. The molecule has 2 aromatic rings. The van der Waals surface area contributed by atoms with E-state index in [1.54, 1.807) is 0 Å². The van der Waals surface area contributed by atoms with E-state index in [0.29, 0.717) is 12.8 Å². The molecule has 6 nitrogen and oxygen atoms in total. The summed E-state index contributed by atoms with van der Waals surface area (Å²) in [5.41, 5.74) is 6.62. The first kappa shape index (κ1) is 15.0. The van der Waals surface area contributed by atoms with Crippen molar-refractivity contribution in [1.29, 1.82) is 0 Å². The van der Waals surface area contributed by atoms with E-state index in [-0.39, 0.29) is 10.8 Å². The lowest BCUT2D eigenvalue weighted by Crippen LogP contribution is -2.41. The lowest BCUT2D eigenvalue weighted by atomic mass is 10.1. The summed E-state index contributed by atoms with van der Waals surface area (Å²) in [5.74, 6) is -1.59. The van der Waals surface area contributed by atoms with Gasteiger partial charge in [0, 0.05) is 5.38 Å². The number of hydrogen-bond donors (Lipinski definition) is 3. The number of aliphatic carboxylic acids is 1. The molecule has 4 N–H and O–H groups in total. The van der Waals surface area contributed by atoms with Crippen LogP contribution < -0.4 is 11.1 Å². The second-order valence-corrected chi connectivity index (χ2v) is 5.35. The summed E-state index contributed by atoms with van der Waals surface area (Å²) in [5, 5.41) is 13.4. The van der Waals surface area contributed by atoms with Crippen LogP contribution in [0.25, 0.3) is 0 Å². The van der Waals surface area contributed by atoms with E-state index in [1.165, 1.54) is 5.38 Å². The van der Waals surface area contributed by atoms with Crippen LogP contribution in [-0.2, 0) is 11.2 Å². The molecule has 1 amide bonds. The fourth-order valence-electron chi connectivity index (χ4n) is 1.84. The Morgan fingerprint density at radius 2 is 2.05 bits per heavy atom. The molecule has 110 valence electrons. The van der Waals surface area contributed by atoms with Crippen molar-refractivity contribution in [2.75, 3.05) is 5.73 Å². The Kier molecular flexibility index (Phi) is 4.89. The topological polar surface area (TPSA) is 105 Å². The van der Waals surface area contributed by atoms with Gasteiger partial charge in [-0.2, -0.15) is 0 Å². The minimum Gasteiger partial charge on any atom is -0.480 e. The van der Waals surface area contributed by atoms with Crippen LogP contribution in [0.4, 0.5) is 5.13 Å². The summed E-state index contributed by atoms with van der Waals surface area (Å²) < 4.78 is 0. The van der Waals surface area contributed by atoms with Crippen molar-refractivity contribution < 1.29 is 14.7 Å². The maximum Gasteiger partial charge on any atom is 0.326 e. The number of carboxylic acids is 1. The standard InChI is InChI=1S/C14H15N3O3S/c15-14-17-11(8-21-14)12(18)16-10(13(19)20)7-6-9-4-2-1-3-5-9/h1-5,8,10H,6-7H2,(H2,15,17)(H,16,18)(H,19,20). The van der Waals surface area contributed by atoms with Crippen molar-refractivity contribution in [2.45, 2.75) is 18.9 Å². The summed E-state index contributed by atoms with van der Waals surface area (Å²) in [7, 11) is 0. The van der Waals surface area contributed by atoms with Gasteiger partial charge in [0.1, 0.15) is 11.7 Å². The van der Waals surface area contributed by atoms with E-state index < -0.39 is 17.9 Å². The van der Waals surface area contributed by atoms with E-state index in [0.717, 1.165) is 16.9 Å². The second-order valence-electron chi connectivity index (χ2n) is 4.46. The van der Waals surface area contributed by atoms with Gasteiger partial charge in [0.15, 0.2) is 5.13 Å². The number of rotatable bonds is 6. The number of nitrogens with zero attached hydrogens (tertiary/aromatic N) is 1. The number of hydrogen-bond acceptors (Lipinski definition) is 5. The maximum absolute atomic E-state index is 11.9. The number of carbonyl (C=O) groups is 2. The monoisotopic (exact) mass is 305 g/mol. The van der Waals surface area contributed by atoms with Crippen LogP contribution in [0.15, 0.2) is 35.7 Å². The molecular weight excluding hydrogens is 290 g/mol. The van der Waals surface area contributed by atoms with Crippen LogP contribution >= 0.6 is 11.3 Å². The predicted octanol–water partition coefficient (Wildman–Crippen LogP) is 1.54. The zero-order chi connectivity index (χ0) is 15.2. The number of nitrogen functional groups attached to an aromatic ring is 1. The van der Waals surface area contributed by atoms with Gasteiger partial charge in [0.05, 0.1) is 0 Å². The number of benzene rings is 1. The molecule has 1 aromatic heterocycles. The maximum atomic E-state index is 11.9. The van der Waals surface area contributed by atoms with Crippen LogP contribution in [0, 0.1) is 0 Å². The Labute approximate surface area is 125 Å². The molecule has 21 heavy (non-hydrogen) atoms. The van der Waals surface area contributed by atoms with Gasteiger partial charge in [0.25, 0.3) is 5.91 Å². The Balaban J connectivity index is 1.96. The molecule has 1 heterocycles. The fraction of sp³-hybridized carbons (Fsp3) is 0.214. The molecule has 0 aliphatic heterocycles. The Morgan fingerprint density at radius 1 is 1.33 bits per heavy atom. The molecule has 0 radical (unpaired) electrons. The molecule has 7 heteroatoms. The Hall–Kier alpha value is -2.41. The lowest BCUT2D eigenvalue weighted by Gasteiger charge is -2.13. The summed E-state index contributed by atoms with van der Waals surface area (Å²) in [4.78, 5) is 27.0. The number of nitrogens with two attached hydrogens (primary N) is 1.